The molecule has 2 aromatic carbocycles. The molecule has 6 N–H and O–H groups in total. The summed E-state index contributed by atoms with van der Waals surface area (Å²) < 4.78 is 108. The number of carbonyl (C=O) groups is 2. The highest BCUT2D eigenvalue weighted by molar-refractivity contribution is 6.08. The van der Waals surface area contributed by atoms with E-state index in [1.807, 2.05) is 5.32 Å². The summed E-state index contributed by atoms with van der Waals surface area (Å²) in [6, 6.07) is 5.13. The number of benzene rings is 2. The molecule has 0 aliphatic carbocycles. The molecular formula is C42H48F7N9O5. The number of alkyl carbamates (subject to hydrolysis) is 1. The minimum absolute atomic E-state index is 0.166. The number of piperazine rings is 1. The molecule has 2 saturated heterocycles. The number of aliphatic hydroxyl groups is 1. The van der Waals surface area contributed by atoms with E-state index in [1.165, 1.54) is 0 Å². The molecule has 3 atom stereocenters. The number of carbonyl (C=O) groups excluding carboxylic acids is 2. The third-order valence-corrected chi connectivity index (χ3v) is 10.7. The van der Waals surface area contributed by atoms with E-state index >= 15 is 8.78 Å². The van der Waals surface area contributed by atoms with Crippen molar-refractivity contribution in [2.75, 3.05) is 57.9 Å². The van der Waals surface area contributed by atoms with Gasteiger partial charge in [0.1, 0.15) is 17.7 Å². The number of nitrogens with one attached hydrogen (secondary N) is 5. The van der Waals surface area contributed by atoms with Crippen LogP contribution in [0.5, 0.6) is 0 Å². The number of hydrogen-bond donors (Lipinski definition) is 6. The lowest BCUT2D eigenvalue weighted by Crippen LogP contribution is -2.62. The van der Waals surface area contributed by atoms with Gasteiger partial charge in [-0.1, -0.05) is 24.0 Å². The van der Waals surface area contributed by atoms with Crippen molar-refractivity contribution in [1.82, 2.24) is 36.1 Å². The number of aliphatic hydroxyl groups excluding tert-OH is 1. The number of rotatable bonds is 17. The molecule has 1 aromatic heterocycles. The highest BCUT2D eigenvalue weighted by Crippen LogP contribution is 2.40. The first-order valence-corrected chi connectivity index (χ1v) is 19.7. The van der Waals surface area contributed by atoms with Crippen LogP contribution in [-0.4, -0.2) is 128 Å². The van der Waals surface area contributed by atoms with Crippen LogP contribution in [-0.2, 0) is 27.2 Å². The predicted molar refractivity (Wildman–Crippen MR) is 218 cm³/mol. The molecule has 63 heavy (non-hydrogen) atoms. The van der Waals surface area contributed by atoms with Crippen molar-refractivity contribution in [1.29, 1.82) is 5.41 Å². The molecule has 5 rings (SSSR count). The van der Waals surface area contributed by atoms with Crippen molar-refractivity contribution >= 4 is 29.7 Å². The van der Waals surface area contributed by atoms with Crippen molar-refractivity contribution in [3.05, 3.63) is 94.4 Å². The second-order valence-electron chi connectivity index (χ2n) is 15.4. The zero-order valence-electron chi connectivity index (χ0n) is 34.5. The molecule has 0 saturated carbocycles. The van der Waals surface area contributed by atoms with Gasteiger partial charge < -0.3 is 46.2 Å². The maximum Gasteiger partial charge on any atom is 0.407 e. The third kappa shape index (κ3) is 12.9. The van der Waals surface area contributed by atoms with Crippen LogP contribution in [0.3, 0.4) is 0 Å². The lowest BCUT2D eigenvalue weighted by atomic mass is 9.82. The zero-order chi connectivity index (χ0) is 45.9. The van der Waals surface area contributed by atoms with Crippen LogP contribution >= 0.6 is 0 Å². The monoisotopic (exact) mass is 891 g/mol. The molecule has 3 heterocycles. The summed E-state index contributed by atoms with van der Waals surface area (Å²) in [4.78, 5) is 39.2. The van der Waals surface area contributed by atoms with Crippen molar-refractivity contribution < 1.29 is 54.9 Å². The number of halogens is 7. The number of nitrogens with zero attached hydrogens (tertiary/aromatic N) is 4. The first kappa shape index (κ1) is 48.2. The number of aromatic nitrogens is 2. The van der Waals surface area contributed by atoms with Crippen molar-refractivity contribution in [3.63, 3.8) is 0 Å². The number of allylic oxidation sites excluding steroid dienone is 1. The first-order chi connectivity index (χ1) is 29.9. The first-order valence-electron chi connectivity index (χ1n) is 19.7. The van der Waals surface area contributed by atoms with Crippen molar-refractivity contribution in [2.24, 2.45) is 5.41 Å². The van der Waals surface area contributed by atoms with Gasteiger partial charge in [-0.15, -0.1) is 0 Å². The average molecular weight is 892 g/mol. The Morgan fingerprint density at radius 3 is 2.16 bits per heavy atom. The van der Waals surface area contributed by atoms with Gasteiger partial charge in [0.05, 0.1) is 49.5 Å². The summed E-state index contributed by atoms with van der Waals surface area (Å²) in [6.07, 6.45) is -3.47. The summed E-state index contributed by atoms with van der Waals surface area (Å²) in [5.41, 5.74) is -2.16. The van der Waals surface area contributed by atoms with Crippen LogP contribution in [0.2, 0.25) is 0 Å². The zero-order valence-corrected chi connectivity index (χ0v) is 34.5. The van der Waals surface area contributed by atoms with Crippen LogP contribution in [0.4, 0.5) is 41.5 Å². The predicted octanol–water partition coefficient (Wildman–Crippen LogP) is 3.97. The second kappa shape index (κ2) is 21.5. The maximum atomic E-state index is 15.1. The number of methoxy groups -OCH3 is 1. The topological polar surface area (TPSA) is 177 Å². The highest BCUT2D eigenvalue weighted by Gasteiger charge is 2.56. The lowest BCUT2D eigenvalue weighted by Gasteiger charge is -2.42. The van der Waals surface area contributed by atoms with E-state index in [0.29, 0.717) is 48.7 Å². The number of amides is 2. The van der Waals surface area contributed by atoms with Gasteiger partial charge in [0.25, 0.3) is 0 Å². The third-order valence-electron chi connectivity index (χ3n) is 10.7. The smallest absolute Gasteiger partial charge is 0.407 e. The van der Waals surface area contributed by atoms with Gasteiger partial charge in [-0.3, -0.25) is 9.69 Å². The molecule has 2 amide bonds. The Morgan fingerprint density at radius 1 is 1.00 bits per heavy atom. The molecule has 340 valence electrons. The van der Waals surface area contributed by atoms with Crippen molar-refractivity contribution in [3.8, 4) is 11.8 Å². The fraction of sp³-hybridized carbons (Fsp3) is 0.452. The van der Waals surface area contributed by atoms with Crippen LogP contribution in [0.25, 0.3) is 5.57 Å². The van der Waals surface area contributed by atoms with Crippen LogP contribution in [0.1, 0.15) is 41.7 Å². The van der Waals surface area contributed by atoms with Gasteiger partial charge >= 0.3 is 18.8 Å². The maximum absolute atomic E-state index is 15.1. The van der Waals surface area contributed by atoms with Crippen LogP contribution in [0, 0.1) is 34.3 Å². The molecule has 14 nitrogen and oxygen atoms in total. The fourth-order valence-corrected chi connectivity index (χ4v) is 6.64. The van der Waals surface area contributed by atoms with E-state index in [4.69, 9.17) is 10.1 Å². The SMILES string of the molecule is COC(=O)NC(C(=O)N[C@@H](Cc1ccc(C#Cc2cnc(N3CCN(C4COC4)CC3)nc2)cc1)[C@@H](O)CNCc1c(F)cc(/C(C=N)=C/NC(F)F)cc1F)C(C)(C)C(F)(F)F. The summed E-state index contributed by atoms with van der Waals surface area (Å²) in [5, 5.41) is 27.4. The molecule has 1 unspecified atom stereocenters. The normalized spacial score (nSPS) is 16.6. The lowest BCUT2D eigenvalue weighted by molar-refractivity contribution is -0.220. The van der Waals surface area contributed by atoms with Gasteiger partial charge in [-0.2, -0.15) is 22.0 Å². The minimum atomic E-state index is -4.99. The summed E-state index contributed by atoms with van der Waals surface area (Å²) in [7, 11) is 0.907. The molecule has 2 fully saturated rings. The number of hydrogen-bond acceptors (Lipinski definition) is 12. The van der Waals surface area contributed by atoms with Gasteiger partial charge in [0, 0.05) is 80.8 Å². The van der Waals surface area contributed by atoms with E-state index in [0.717, 1.165) is 64.8 Å². The molecule has 2 aliphatic rings. The Morgan fingerprint density at radius 2 is 1.62 bits per heavy atom. The largest absolute Gasteiger partial charge is 0.453 e. The highest BCUT2D eigenvalue weighted by atomic mass is 19.4. The summed E-state index contributed by atoms with van der Waals surface area (Å²) in [5.74, 6) is 3.10. The molecular weight excluding hydrogens is 844 g/mol. The Kier molecular flexibility index (Phi) is 16.5. The second-order valence-corrected chi connectivity index (χ2v) is 15.4. The summed E-state index contributed by atoms with van der Waals surface area (Å²) >= 11 is 0. The van der Waals surface area contributed by atoms with E-state index < -0.39 is 78.6 Å². The standard InChI is InChI=1S/C42H48F7N9O5/c1-41(2,42(47,48)49)36(56-40(61)62-3)37(60)55-34(35(59)22-51-21-31-32(43)15-28(16-33(31)44)29(17-50)20-52-38(45)46)14-26-7-4-25(5-8-26)6-9-27-18-53-39(54-19-27)58-12-10-57(11-13-58)30-23-63-24-30/h4-5,7-8,15-20,30,34-36,38,50-52,59H,10-14,21-24H2,1-3H3,(H,55,60)(H,56,61)/b29-20+,50-17?/t34-,35-,36?/m0/s1. The molecule has 0 radical (unpaired) electrons. The van der Waals surface area contributed by atoms with Gasteiger partial charge in [-0.25, -0.2) is 23.5 Å². The quantitative estimate of drug-likeness (QED) is 0.0501. The molecule has 21 heteroatoms. The van der Waals surface area contributed by atoms with E-state index in [2.05, 4.69) is 47.0 Å². The molecule has 0 bridgehead atoms. The van der Waals surface area contributed by atoms with Gasteiger partial charge in [-0.05, 0) is 55.7 Å². The molecule has 3 aromatic rings. The number of alkyl halides is 5. The Hall–Kier alpha value is -5.82. The fourth-order valence-electron chi connectivity index (χ4n) is 6.64. The van der Waals surface area contributed by atoms with Gasteiger partial charge in [0.2, 0.25) is 11.9 Å². The number of ether oxygens (including phenoxy) is 2. The van der Waals surface area contributed by atoms with Crippen LogP contribution in [0.15, 0.2) is 55.0 Å². The molecule has 0 spiro atoms. The summed E-state index contributed by atoms with van der Waals surface area (Å²) in [6.45, 7) is 2.32. The molecule has 2 aliphatic heterocycles. The van der Waals surface area contributed by atoms with Crippen LogP contribution < -0.4 is 26.2 Å². The van der Waals surface area contributed by atoms with Gasteiger partial charge in [0.15, 0.2) is 0 Å². The Balaban J connectivity index is 1.29. The van der Waals surface area contributed by atoms with E-state index in [9.17, 15) is 36.6 Å². The average Bonchev–Trinajstić information content (AvgIpc) is 3.22. The Labute approximate surface area is 359 Å². The van der Waals surface area contributed by atoms with E-state index in [-0.39, 0.29) is 17.6 Å². The van der Waals surface area contributed by atoms with E-state index in [1.54, 1.807) is 42.0 Å². The van der Waals surface area contributed by atoms with Crippen molar-refractivity contribution in [2.45, 2.75) is 63.8 Å². The Bertz CT molecular complexity index is 2110. The minimum Gasteiger partial charge on any atom is -0.453 e. The number of anilines is 1.